The molecule has 3 N–H and O–H groups in total. The maximum Gasteiger partial charge on any atom is 0.144 e. The molecule has 0 radical (unpaired) electrons. The Bertz CT molecular complexity index is 366. The second-order valence-corrected chi connectivity index (χ2v) is 6.02. The molecule has 4 heteroatoms. The van der Waals surface area contributed by atoms with Gasteiger partial charge in [0, 0.05) is 23.0 Å². The van der Waals surface area contributed by atoms with Crippen molar-refractivity contribution in [3.05, 3.63) is 18.2 Å². The van der Waals surface area contributed by atoms with Gasteiger partial charge in [0.2, 0.25) is 0 Å². The van der Waals surface area contributed by atoms with E-state index in [1.54, 1.807) is 0 Å². The summed E-state index contributed by atoms with van der Waals surface area (Å²) in [4.78, 5) is 0. The van der Waals surface area contributed by atoms with Crippen molar-refractivity contribution in [2.75, 3.05) is 30.5 Å². The number of nitrogens with one attached hydrogen (secondary N) is 1. The summed E-state index contributed by atoms with van der Waals surface area (Å²) in [6.07, 6.45) is 2.12. The lowest BCUT2D eigenvalue weighted by molar-refractivity contribution is 0.342. The van der Waals surface area contributed by atoms with Gasteiger partial charge in [-0.25, -0.2) is 0 Å². The van der Waals surface area contributed by atoms with Gasteiger partial charge in [0.15, 0.2) is 0 Å². The first kappa shape index (κ1) is 14.0. The van der Waals surface area contributed by atoms with E-state index in [9.17, 15) is 0 Å². The fourth-order valence-corrected chi connectivity index (χ4v) is 1.53. The molecule has 0 heterocycles. The van der Waals surface area contributed by atoms with E-state index in [2.05, 4.69) is 25.4 Å². The molecule has 0 fully saturated rings. The number of ether oxygens (including phenoxy) is 1. The van der Waals surface area contributed by atoms with Crippen molar-refractivity contribution in [2.45, 2.75) is 25.5 Å². The Balaban J connectivity index is 2.69. The number of nitrogens with two attached hydrogens (primary N) is 1. The van der Waals surface area contributed by atoms with Crippen molar-refractivity contribution < 1.29 is 4.74 Å². The molecule has 1 aromatic carbocycles. The fourth-order valence-electron chi connectivity index (χ4n) is 1.31. The Morgan fingerprint density at radius 3 is 2.71 bits per heavy atom. The molecule has 0 aliphatic heterocycles. The summed E-state index contributed by atoms with van der Waals surface area (Å²) in [5.41, 5.74) is 7.55. The highest BCUT2D eigenvalue weighted by Crippen LogP contribution is 2.27. The summed E-state index contributed by atoms with van der Waals surface area (Å²) < 4.78 is 5.68. The van der Waals surface area contributed by atoms with Gasteiger partial charge in [-0.1, -0.05) is 0 Å². The van der Waals surface area contributed by atoms with E-state index >= 15 is 0 Å². The van der Waals surface area contributed by atoms with Crippen LogP contribution < -0.4 is 15.8 Å². The lowest BCUT2D eigenvalue weighted by Crippen LogP contribution is -2.25. The molecule has 1 aromatic rings. The average Bonchev–Trinajstić information content (AvgIpc) is 2.31. The Kier molecular flexibility index (Phi) is 5.00. The number of thioether (sulfide) groups is 1. The number of hydrogen-bond acceptors (Lipinski definition) is 4. The third-order valence-electron chi connectivity index (χ3n) is 2.58. The maximum atomic E-state index is 5.83. The lowest BCUT2D eigenvalue weighted by atomic mass is 10.2. The molecule has 0 aromatic heterocycles. The monoisotopic (exact) mass is 254 g/mol. The summed E-state index contributed by atoms with van der Waals surface area (Å²) >= 11 is 1.85. The Hall–Kier alpha value is -1.03. The van der Waals surface area contributed by atoms with E-state index in [0.717, 1.165) is 18.0 Å². The Morgan fingerprint density at radius 1 is 1.41 bits per heavy atom. The quantitative estimate of drug-likeness (QED) is 0.765. The van der Waals surface area contributed by atoms with Crippen LogP contribution in [-0.2, 0) is 0 Å². The van der Waals surface area contributed by atoms with Crippen LogP contribution in [0.1, 0.15) is 20.8 Å². The van der Waals surface area contributed by atoms with Gasteiger partial charge in [0.1, 0.15) is 5.75 Å². The summed E-state index contributed by atoms with van der Waals surface area (Å²) in [7, 11) is 0. The summed E-state index contributed by atoms with van der Waals surface area (Å²) in [5.74, 6) is 0.749. The van der Waals surface area contributed by atoms with Gasteiger partial charge < -0.3 is 15.8 Å². The van der Waals surface area contributed by atoms with Gasteiger partial charge in [0.05, 0.1) is 12.3 Å². The molecule has 0 saturated heterocycles. The van der Waals surface area contributed by atoms with Crippen LogP contribution >= 0.6 is 11.8 Å². The molecule has 0 amide bonds. The van der Waals surface area contributed by atoms with Crippen molar-refractivity contribution in [1.82, 2.24) is 0 Å². The SMILES string of the molecule is CCOc1cc(NCC(C)(C)SC)ccc1N. The first-order valence-corrected chi connectivity index (χ1v) is 7.02. The van der Waals surface area contributed by atoms with Gasteiger partial charge >= 0.3 is 0 Å². The molecular formula is C13H22N2OS. The van der Waals surface area contributed by atoms with Gasteiger partial charge in [-0.15, -0.1) is 0 Å². The fraction of sp³-hybridized carbons (Fsp3) is 0.538. The Morgan fingerprint density at radius 2 is 2.12 bits per heavy atom. The van der Waals surface area contributed by atoms with Crippen LogP contribution in [0, 0.1) is 0 Å². The minimum absolute atomic E-state index is 0.215. The standard InChI is InChI=1S/C13H22N2OS/c1-5-16-12-8-10(6-7-11(12)14)15-9-13(2,3)17-4/h6-8,15H,5,9,14H2,1-4H3. The van der Waals surface area contributed by atoms with E-state index < -0.39 is 0 Å². The number of rotatable bonds is 6. The van der Waals surface area contributed by atoms with Crippen molar-refractivity contribution in [2.24, 2.45) is 0 Å². The van der Waals surface area contributed by atoms with E-state index in [1.807, 2.05) is 36.9 Å². The number of hydrogen-bond donors (Lipinski definition) is 2. The van der Waals surface area contributed by atoms with Gasteiger partial charge in [-0.3, -0.25) is 0 Å². The van der Waals surface area contributed by atoms with Crippen molar-refractivity contribution in [1.29, 1.82) is 0 Å². The molecule has 0 spiro atoms. The van der Waals surface area contributed by atoms with Crippen LogP contribution in [0.2, 0.25) is 0 Å². The van der Waals surface area contributed by atoms with Crippen LogP contribution in [0.15, 0.2) is 18.2 Å². The predicted octanol–water partition coefficient (Wildman–Crippen LogP) is 3.22. The molecule has 3 nitrogen and oxygen atoms in total. The van der Waals surface area contributed by atoms with Crippen molar-refractivity contribution in [3.8, 4) is 5.75 Å². The highest BCUT2D eigenvalue weighted by atomic mass is 32.2. The predicted molar refractivity (Wildman–Crippen MR) is 78.1 cm³/mol. The van der Waals surface area contributed by atoms with Crippen LogP contribution in [0.3, 0.4) is 0 Å². The van der Waals surface area contributed by atoms with Crippen LogP contribution in [0.25, 0.3) is 0 Å². The van der Waals surface area contributed by atoms with Gasteiger partial charge in [0.25, 0.3) is 0 Å². The summed E-state index contributed by atoms with van der Waals surface area (Å²) in [6.45, 7) is 7.92. The smallest absolute Gasteiger partial charge is 0.144 e. The third kappa shape index (κ3) is 4.38. The van der Waals surface area contributed by atoms with Crippen molar-refractivity contribution >= 4 is 23.1 Å². The first-order valence-electron chi connectivity index (χ1n) is 5.80. The number of nitrogen functional groups attached to an aromatic ring is 1. The topological polar surface area (TPSA) is 47.3 Å². The zero-order valence-corrected chi connectivity index (χ0v) is 11.9. The largest absolute Gasteiger partial charge is 0.492 e. The molecule has 0 unspecified atom stereocenters. The molecule has 0 saturated carbocycles. The van der Waals surface area contributed by atoms with Crippen molar-refractivity contribution in [3.63, 3.8) is 0 Å². The van der Waals surface area contributed by atoms with E-state index in [0.29, 0.717) is 12.3 Å². The average molecular weight is 254 g/mol. The van der Waals surface area contributed by atoms with Crippen LogP contribution in [-0.4, -0.2) is 24.2 Å². The van der Waals surface area contributed by atoms with E-state index in [-0.39, 0.29) is 4.75 Å². The first-order chi connectivity index (χ1) is 7.98. The van der Waals surface area contributed by atoms with Gasteiger partial charge in [-0.2, -0.15) is 11.8 Å². The molecule has 96 valence electrons. The second kappa shape index (κ2) is 6.05. The van der Waals surface area contributed by atoms with Gasteiger partial charge in [-0.05, 0) is 39.2 Å². The number of benzene rings is 1. The zero-order chi connectivity index (χ0) is 12.9. The maximum absolute atomic E-state index is 5.83. The Labute approximate surface area is 108 Å². The van der Waals surface area contributed by atoms with Crippen LogP contribution in [0.5, 0.6) is 5.75 Å². The summed E-state index contributed by atoms with van der Waals surface area (Å²) in [6, 6.07) is 5.81. The molecule has 0 atom stereocenters. The molecule has 0 aliphatic rings. The van der Waals surface area contributed by atoms with E-state index in [1.165, 1.54) is 0 Å². The summed E-state index contributed by atoms with van der Waals surface area (Å²) in [5, 5.41) is 3.41. The highest BCUT2D eigenvalue weighted by molar-refractivity contribution is 7.99. The highest BCUT2D eigenvalue weighted by Gasteiger charge is 2.15. The molecular weight excluding hydrogens is 232 g/mol. The number of anilines is 2. The van der Waals surface area contributed by atoms with E-state index in [4.69, 9.17) is 10.5 Å². The normalized spacial score (nSPS) is 11.3. The molecule has 1 rings (SSSR count). The minimum atomic E-state index is 0.215. The molecule has 0 bridgehead atoms. The minimum Gasteiger partial charge on any atom is -0.492 e. The van der Waals surface area contributed by atoms with Crippen LogP contribution in [0.4, 0.5) is 11.4 Å². The molecule has 0 aliphatic carbocycles. The zero-order valence-electron chi connectivity index (χ0n) is 11.0. The second-order valence-electron chi connectivity index (χ2n) is 4.50. The molecule has 17 heavy (non-hydrogen) atoms. The lowest BCUT2D eigenvalue weighted by Gasteiger charge is -2.23. The third-order valence-corrected chi connectivity index (χ3v) is 3.83.